The molecular formula is C11H11F2N3O2S2. The van der Waals surface area contributed by atoms with Crippen LogP contribution in [0.5, 0.6) is 0 Å². The van der Waals surface area contributed by atoms with Gasteiger partial charge in [-0.25, -0.2) is 21.9 Å². The van der Waals surface area contributed by atoms with Gasteiger partial charge < -0.3 is 5.73 Å². The van der Waals surface area contributed by atoms with E-state index in [-0.39, 0.29) is 6.54 Å². The summed E-state index contributed by atoms with van der Waals surface area (Å²) in [5.74, 6) is -2.03. The monoisotopic (exact) mass is 319 g/mol. The number of hydrogen-bond donors (Lipinski definition) is 2. The Balaban J connectivity index is 2.30. The maximum absolute atomic E-state index is 13.9. The number of rotatable bonds is 5. The highest BCUT2D eigenvalue weighted by molar-refractivity contribution is 7.89. The predicted molar refractivity (Wildman–Crippen MR) is 70.4 cm³/mol. The number of nitrogens with two attached hydrogens (primary N) is 1. The lowest BCUT2D eigenvalue weighted by Gasteiger charge is -2.09. The van der Waals surface area contributed by atoms with E-state index < -0.39 is 38.7 Å². The van der Waals surface area contributed by atoms with E-state index in [2.05, 4.69) is 9.71 Å². The van der Waals surface area contributed by atoms with Gasteiger partial charge >= 0.3 is 0 Å². The molecule has 0 spiro atoms. The third kappa shape index (κ3) is 3.01. The van der Waals surface area contributed by atoms with E-state index in [0.29, 0.717) is 4.88 Å². The lowest BCUT2D eigenvalue weighted by molar-refractivity contribution is 0.525. The number of thiazole rings is 1. The summed E-state index contributed by atoms with van der Waals surface area (Å²) in [4.78, 5) is 3.85. The lowest BCUT2D eigenvalue weighted by atomic mass is 10.2. The molecule has 3 N–H and O–H groups in total. The maximum Gasteiger partial charge on any atom is 0.243 e. The standard InChI is InChI=1S/C11H11F2N3O2S2/c12-9-1-2-10(11(13)8(9)3-14)20(17,18)16-5-7-4-15-6-19-7/h1-2,4,6,16H,3,5,14H2. The Labute approximate surface area is 118 Å². The van der Waals surface area contributed by atoms with Gasteiger partial charge in [0.25, 0.3) is 0 Å². The molecule has 9 heteroatoms. The molecule has 2 aromatic rings. The molecule has 1 heterocycles. The Bertz CT molecular complexity index is 703. The SMILES string of the molecule is NCc1c(F)ccc(S(=O)(=O)NCc2cncs2)c1F. The zero-order chi connectivity index (χ0) is 14.8. The third-order valence-electron chi connectivity index (χ3n) is 2.56. The van der Waals surface area contributed by atoms with E-state index in [0.717, 1.165) is 12.1 Å². The second-order valence-corrected chi connectivity index (χ2v) is 6.54. The Kier molecular flexibility index (Phi) is 4.43. The summed E-state index contributed by atoms with van der Waals surface area (Å²) in [5, 5.41) is 0. The maximum atomic E-state index is 13.9. The second-order valence-electron chi connectivity index (χ2n) is 3.83. The van der Waals surface area contributed by atoms with E-state index in [4.69, 9.17) is 5.73 Å². The molecule has 0 unspecified atom stereocenters. The zero-order valence-corrected chi connectivity index (χ0v) is 11.8. The van der Waals surface area contributed by atoms with Crippen molar-refractivity contribution in [2.24, 2.45) is 5.73 Å². The van der Waals surface area contributed by atoms with Crippen LogP contribution in [0.2, 0.25) is 0 Å². The number of aromatic nitrogens is 1. The van der Waals surface area contributed by atoms with Gasteiger partial charge in [-0.1, -0.05) is 0 Å². The number of hydrogen-bond acceptors (Lipinski definition) is 5. The minimum absolute atomic E-state index is 0.0121. The summed E-state index contributed by atoms with van der Waals surface area (Å²) >= 11 is 1.26. The second kappa shape index (κ2) is 5.92. The van der Waals surface area contributed by atoms with Crippen molar-refractivity contribution < 1.29 is 17.2 Å². The highest BCUT2D eigenvalue weighted by Gasteiger charge is 2.22. The summed E-state index contributed by atoms with van der Waals surface area (Å²) in [6.07, 6.45) is 1.50. The molecule has 0 aliphatic heterocycles. The van der Waals surface area contributed by atoms with Gasteiger partial charge in [-0.3, -0.25) is 4.98 Å². The van der Waals surface area contributed by atoms with Gasteiger partial charge in [-0.15, -0.1) is 11.3 Å². The molecule has 0 radical (unpaired) electrons. The van der Waals surface area contributed by atoms with Crippen molar-refractivity contribution in [2.75, 3.05) is 0 Å². The molecule has 0 atom stereocenters. The normalized spacial score (nSPS) is 11.8. The number of halogens is 2. The van der Waals surface area contributed by atoms with Gasteiger partial charge in [0.2, 0.25) is 10.0 Å². The molecule has 1 aromatic carbocycles. The van der Waals surface area contributed by atoms with Crippen LogP contribution < -0.4 is 10.5 Å². The van der Waals surface area contributed by atoms with Crippen LogP contribution in [0.4, 0.5) is 8.78 Å². The average molecular weight is 319 g/mol. The Hall–Kier alpha value is -1.42. The van der Waals surface area contributed by atoms with Crippen molar-refractivity contribution in [1.82, 2.24) is 9.71 Å². The molecule has 0 saturated heterocycles. The Morgan fingerprint density at radius 2 is 2.10 bits per heavy atom. The van der Waals surface area contributed by atoms with Crippen molar-refractivity contribution in [3.63, 3.8) is 0 Å². The summed E-state index contributed by atoms with van der Waals surface area (Å²) < 4.78 is 53.5. The van der Waals surface area contributed by atoms with Crippen LogP contribution in [-0.2, 0) is 23.1 Å². The van der Waals surface area contributed by atoms with Crippen molar-refractivity contribution in [3.8, 4) is 0 Å². The smallest absolute Gasteiger partial charge is 0.243 e. The first kappa shape index (κ1) is 15.0. The fraction of sp³-hybridized carbons (Fsp3) is 0.182. The van der Waals surface area contributed by atoms with E-state index in [1.165, 1.54) is 17.5 Å². The predicted octanol–water partition coefficient (Wildman–Crippen LogP) is 1.36. The molecule has 5 nitrogen and oxygen atoms in total. The van der Waals surface area contributed by atoms with Crippen LogP contribution in [0, 0.1) is 11.6 Å². The molecule has 0 fully saturated rings. The van der Waals surface area contributed by atoms with Crippen LogP contribution in [0.25, 0.3) is 0 Å². The number of benzene rings is 1. The van der Waals surface area contributed by atoms with Gasteiger partial charge in [0, 0.05) is 29.7 Å². The topological polar surface area (TPSA) is 85.1 Å². The molecule has 0 saturated carbocycles. The molecule has 1 aromatic heterocycles. The lowest BCUT2D eigenvalue weighted by Crippen LogP contribution is -2.24. The molecular weight excluding hydrogens is 308 g/mol. The molecule has 0 amide bonds. The van der Waals surface area contributed by atoms with Crippen molar-refractivity contribution >= 4 is 21.4 Å². The van der Waals surface area contributed by atoms with E-state index in [9.17, 15) is 17.2 Å². The molecule has 20 heavy (non-hydrogen) atoms. The van der Waals surface area contributed by atoms with Gasteiger partial charge in [-0.05, 0) is 12.1 Å². The molecule has 0 aliphatic carbocycles. The number of nitrogens with one attached hydrogen (secondary N) is 1. The fourth-order valence-electron chi connectivity index (χ4n) is 1.54. The highest BCUT2D eigenvalue weighted by Crippen LogP contribution is 2.21. The van der Waals surface area contributed by atoms with Crippen LogP contribution in [-0.4, -0.2) is 13.4 Å². The van der Waals surface area contributed by atoms with Gasteiger partial charge in [0.15, 0.2) is 5.82 Å². The Morgan fingerprint density at radius 1 is 1.35 bits per heavy atom. The number of nitrogens with zero attached hydrogens (tertiary/aromatic N) is 1. The largest absolute Gasteiger partial charge is 0.326 e. The van der Waals surface area contributed by atoms with Crippen LogP contribution in [0.15, 0.2) is 28.7 Å². The van der Waals surface area contributed by atoms with Gasteiger partial charge in [-0.2, -0.15) is 0 Å². The first-order valence-corrected chi connectivity index (χ1v) is 7.86. The van der Waals surface area contributed by atoms with Crippen LogP contribution in [0.3, 0.4) is 0 Å². The zero-order valence-electron chi connectivity index (χ0n) is 10.1. The average Bonchev–Trinajstić information content (AvgIpc) is 2.90. The van der Waals surface area contributed by atoms with Crippen molar-refractivity contribution in [1.29, 1.82) is 0 Å². The summed E-state index contributed by atoms with van der Waals surface area (Å²) in [7, 11) is -4.08. The van der Waals surface area contributed by atoms with E-state index >= 15 is 0 Å². The minimum Gasteiger partial charge on any atom is -0.326 e. The van der Waals surface area contributed by atoms with Crippen LogP contribution >= 0.6 is 11.3 Å². The Morgan fingerprint density at radius 3 is 2.70 bits per heavy atom. The summed E-state index contributed by atoms with van der Waals surface area (Å²) in [6, 6.07) is 1.76. The van der Waals surface area contributed by atoms with Gasteiger partial charge in [0.1, 0.15) is 10.7 Å². The van der Waals surface area contributed by atoms with Crippen molar-refractivity contribution in [2.45, 2.75) is 18.0 Å². The minimum atomic E-state index is -4.08. The van der Waals surface area contributed by atoms with E-state index in [1.54, 1.807) is 5.51 Å². The van der Waals surface area contributed by atoms with E-state index in [1.807, 2.05) is 0 Å². The van der Waals surface area contributed by atoms with Crippen LogP contribution in [0.1, 0.15) is 10.4 Å². The number of sulfonamides is 1. The van der Waals surface area contributed by atoms with Crippen molar-refractivity contribution in [3.05, 3.63) is 45.9 Å². The summed E-state index contributed by atoms with van der Waals surface area (Å²) in [6.45, 7) is -0.433. The molecule has 0 bridgehead atoms. The first-order chi connectivity index (χ1) is 9.45. The molecule has 108 valence electrons. The highest BCUT2D eigenvalue weighted by atomic mass is 32.2. The van der Waals surface area contributed by atoms with Gasteiger partial charge in [0.05, 0.1) is 5.51 Å². The molecule has 0 aliphatic rings. The first-order valence-electron chi connectivity index (χ1n) is 5.49. The quantitative estimate of drug-likeness (QED) is 0.871. The fourth-order valence-corrected chi connectivity index (χ4v) is 3.28. The third-order valence-corrected chi connectivity index (χ3v) is 4.76. The summed E-state index contributed by atoms with van der Waals surface area (Å²) in [5.41, 5.74) is 6.31. The molecule has 2 rings (SSSR count).